The van der Waals surface area contributed by atoms with Crippen LogP contribution in [0.25, 0.3) is 0 Å². The van der Waals surface area contributed by atoms with Gasteiger partial charge < -0.3 is 16.0 Å². The van der Waals surface area contributed by atoms with Gasteiger partial charge in [0.15, 0.2) is 0 Å². The number of carbonyl (C=O) groups is 3. The Morgan fingerprint density at radius 1 is 1.05 bits per heavy atom. The van der Waals surface area contributed by atoms with Gasteiger partial charge >= 0.3 is 12.1 Å². The summed E-state index contributed by atoms with van der Waals surface area (Å²) in [6.07, 6.45) is 0.745. The summed E-state index contributed by atoms with van der Waals surface area (Å²) < 4.78 is 0. The second-order valence-corrected chi connectivity index (χ2v) is 4.54. The molecule has 110 valence electrons. The van der Waals surface area contributed by atoms with Gasteiger partial charge in [-0.1, -0.05) is 6.92 Å². The molecule has 0 saturated carbocycles. The molecule has 0 aliphatic rings. The van der Waals surface area contributed by atoms with Gasteiger partial charge in [-0.15, -0.1) is 0 Å². The van der Waals surface area contributed by atoms with E-state index < -0.39 is 23.5 Å². The van der Waals surface area contributed by atoms with E-state index in [1.54, 1.807) is 6.92 Å². The molecule has 0 aliphatic heterocycles. The largest absolute Gasteiger partial charge is 0.357 e. The van der Waals surface area contributed by atoms with Crippen LogP contribution in [0.3, 0.4) is 0 Å². The maximum Gasteiger partial charge on any atom is 0.326 e. The van der Waals surface area contributed by atoms with Crippen molar-refractivity contribution in [1.82, 2.24) is 20.9 Å². The lowest BCUT2D eigenvalue weighted by molar-refractivity contribution is -0.128. The molecule has 0 rings (SSSR count). The van der Waals surface area contributed by atoms with Crippen LogP contribution < -0.4 is 16.0 Å². The molecule has 0 aromatic carbocycles. The van der Waals surface area contributed by atoms with Gasteiger partial charge in [0.05, 0.1) is 0 Å². The molecule has 7 heteroatoms. The normalized spacial score (nSPS) is 10.6. The first kappa shape index (κ1) is 17.2. The van der Waals surface area contributed by atoms with Crippen molar-refractivity contribution >= 4 is 18.0 Å². The van der Waals surface area contributed by atoms with Crippen molar-refractivity contribution in [2.75, 3.05) is 20.1 Å². The summed E-state index contributed by atoms with van der Waals surface area (Å²) in [4.78, 5) is 36.8. The molecule has 0 unspecified atom stereocenters. The summed E-state index contributed by atoms with van der Waals surface area (Å²) >= 11 is 0. The first-order chi connectivity index (χ1) is 8.82. The van der Waals surface area contributed by atoms with Crippen molar-refractivity contribution in [1.29, 1.82) is 0 Å². The average molecular weight is 272 g/mol. The third kappa shape index (κ3) is 4.42. The summed E-state index contributed by atoms with van der Waals surface area (Å²) in [5.74, 6) is -0.412. The minimum Gasteiger partial charge on any atom is -0.357 e. The molecule has 0 saturated heterocycles. The number of carbonyl (C=O) groups excluding carboxylic acids is 3. The van der Waals surface area contributed by atoms with Gasteiger partial charge in [-0.25, -0.2) is 14.5 Å². The Bertz CT molecular complexity index is 342. The van der Waals surface area contributed by atoms with E-state index in [2.05, 4.69) is 16.0 Å². The minimum absolute atomic E-state index is 0.375. The Hall–Kier alpha value is -1.79. The van der Waals surface area contributed by atoms with Crippen molar-refractivity contribution < 1.29 is 14.4 Å². The standard InChI is InChI=1S/C12H24N4O3/c1-6-8-15-11(19)16(10(18)14-7-2)12(3,4)9(17)13-5/h6-8H2,1-5H3,(H,13,17)(H,14,18)(H,15,19). The lowest BCUT2D eigenvalue weighted by Gasteiger charge is -2.34. The molecule has 0 spiro atoms. The van der Waals surface area contributed by atoms with Crippen molar-refractivity contribution in [2.24, 2.45) is 0 Å². The van der Waals surface area contributed by atoms with Gasteiger partial charge in [-0.05, 0) is 27.2 Å². The van der Waals surface area contributed by atoms with Crippen LogP contribution in [0.4, 0.5) is 9.59 Å². The number of urea groups is 2. The highest BCUT2D eigenvalue weighted by Crippen LogP contribution is 2.15. The number of hydrogen-bond donors (Lipinski definition) is 3. The summed E-state index contributed by atoms with van der Waals surface area (Å²) in [5, 5.41) is 7.59. The smallest absolute Gasteiger partial charge is 0.326 e. The molecule has 5 amide bonds. The summed E-state index contributed by atoms with van der Waals surface area (Å²) in [7, 11) is 1.46. The van der Waals surface area contributed by atoms with E-state index in [-0.39, 0.29) is 0 Å². The van der Waals surface area contributed by atoms with Gasteiger partial charge in [0.1, 0.15) is 5.54 Å². The zero-order valence-electron chi connectivity index (χ0n) is 12.3. The molecule has 0 atom stereocenters. The molecule has 0 aromatic heterocycles. The molecule has 7 nitrogen and oxygen atoms in total. The van der Waals surface area contributed by atoms with Crippen molar-refractivity contribution in [3.05, 3.63) is 0 Å². The molecule has 19 heavy (non-hydrogen) atoms. The number of amides is 5. The van der Waals surface area contributed by atoms with Gasteiger partial charge in [-0.2, -0.15) is 0 Å². The van der Waals surface area contributed by atoms with Crippen molar-refractivity contribution in [3.8, 4) is 0 Å². The number of nitrogens with one attached hydrogen (secondary N) is 3. The SMILES string of the molecule is CCCNC(=O)N(C(=O)NCC)C(C)(C)C(=O)NC. The minimum atomic E-state index is -1.27. The zero-order valence-corrected chi connectivity index (χ0v) is 12.3. The third-order valence-electron chi connectivity index (χ3n) is 2.60. The van der Waals surface area contributed by atoms with Crippen LogP contribution in [0.5, 0.6) is 0 Å². The van der Waals surface area contributed by atoms with E-state index in [4.69, 9.17) is 0 Å². The monoisotopic (exact) mass is 272 g/mol. The topological polar surface area (TPSA) is 90.5 Å². The quantitative estimate of drug-likeness (QED) is 0.686. The molecule has 0 bridgehead atoms. The fraction of sp³-hybridized carbons (Fsp3) is 0.750. The fourth-order valence-electron chi connectivity index (χ4n) is 1.55. The van der Waals surface area contributed by atoms with Crippen LogP contribution in [0.1, 0.15) is 34.1 Å². The number of nitrogens with zero attached hydrogens (tertiary/aromatic N) is 1. The van der Waals surface area contributed by atoms with Gasteiger partial charge in [0, 0.05) is 20.1 Å². The lowest BCUT2D eigenvalue weighted by atomic mass is 10.0. The van der Waals surface area contributed by atoms with E-state index >= 15 is 0 Å². The second-order valence-electron chi connectivity index (χ2n) is 4.54. The summed E-state index contributed by atoms with van der Waals surface area (Å²) in [5.41, 5.74) is -1.27. The van der Waals surface area contributed by atoms with Crippen molar-refractivity contribution in [2.45, 2.75) is 39.7 Å². The van der Waals surface area contributed by atoms with Crippen LogP contribution in [-0.4, -0.2) is 48.5 Å². The van der Waals surface area contributed by atoms with E-state index in [1.807, 2.05) is 6.92 Å². The Morgan fingerprint density at radius 3 is 2.00 bits per heavy atom. The first-order valence-corrected chi connectivity index (χ1v) is 6.40. The van der Waals surface area contributed by atoms with E-state index in [0.717, 1.165) is 11.3 Å². The molecule has 0 aliphatic carbocycles. The Morgan fingerprint density at radius 2 is 1.58 bits per heavy atom. The van der Waals surface area contributed by atoms with Gasteiger partial charge in [0.2, 0.25) is 5.91 Å². The Labute approximate surface area is 114 Å². The molecule has 0 radical (unpaired) electrons. The van der Waals surface area contributed by atoms with Crippen LogP contribution >= 0.6 is 0 Å². The van der Waals surface area contributed by atoms with Crippen LogP contribution in [-0.2, 0) is 4.79 Å². The molecule has 3 N–H and O–H groups in total. The predicted octanol–water partition coefficient (Wildman–Crippen LogP) is 0.662. The molecule has 0 heterocycles. The van der Waals surface area contributed by atoms with E-state index in [1.165, 1.54) is 20.9 Å². The van der Waals surface area contributed by atoms with Crippen molar-refractivity contribution in [3.63, 3.8) is 0 Å². The highest BCUT2D eigenvalue weighted by atomic mass is 16.2. The number of imide groups is 1. The van der Waals surface area contributed by atoms with Crippen LogP contribution in [0.15, 0.2) is 0 Å². The Kier molecular flexibility index (Phi) is 6.89. The maximum atomic E-state index is 12.1. The predicted molar refractivity (Wildman–Crippen MR) is 72.7 cm³/mol. The van der Waals surface area contributed by atoms with Gasteiger partial charge in [-0.3, -0.25) is 4.79 Å². The number of hydrogen-bond acceptors (Lipinski definition) is 3. The fourth-order valence-corrected chi connectivity index (χ4v) is 1.55. The van der Waals surface area contributed by atoms with Crippen LogP contribution in [0.2, 0.25) is 0 Å². The summed E-state index contributed by atoms with van der Waals surface area (Å²) in [6.45, 7) is 7.51. The number of rotatable bonds is 5. The highest BCUT2D eigenvalue weighted by molar-refractivity contribution is 6.01. The summed E-state index contributed by atoms with van der Waals surface area (Å²) in [6, 6.07) is -1.17. The Balaban J connectivity index is 5.21. The highest BCUT2D eigenvalue weighted by Gasteiger charge is 2.41. The van der Waals surface area contributed by atoms with Gasteiger partial charge in [0.25, 0.3) is 0 Å². The van der Waals surface area contributed by atoms with Crippen LogP contribution in [0, 0.1) is 0 Å². The molecular formula is C12H24N4O3. The maximum absolute atomic E-state index is 12.1. The van der Waals surface area contributed by atoms with E-state index in [9.17, 15) is 14.4 Å². The average Bonchev–Trinajstić information content (AvgIpc) is 2.35. The number of likely N-dealkylation sites (N-methyl/N-ethyl adjacent to an activating group) is 1. The first-order valence-electron chi connectivity index (χ1n) is 6.40. The van der Waals surface area contributed by atoms with E-state index in [0.29, 0.717) is 13.1 Å². The zero-order chi connectivity index (χ0) is 15.1. The lowest BCUT2D eigenvalue weighted by Crippen LogP contribution is -2.63. The molecule has 0 fully saturated rings. The molecular weight excluding hydrogens is 248 g/mol. The third-order valence-corrected chi connectivity index (χ3v) is 2.60. The molecule has 0 aromatic rings. The second kappa shape index (κ2) is 7.60.